The molecule has 0 atom stereocenters. The van der Waals surface area contributed by atoms with Gasteiger partial charge in [-0.05, 0) is 36.4 Å². The maximum Gasteiger partial charge on any atom is 0.339 e. The molecular formula is C22H15BrN2O4. The number of ether oxygens (including phenoxy) is 1. The summed E-state index contributed by atoms with van der Waals surface area (Å²) in [7, 11) is 1.25. The number of benzene rings is 2. The lowest BCUT2D eigenvalue weighted by Gasteiger charge is -2.08. The van der Waals surface area contributed by atoms with Crippen LogP contribution in [0, 0.1) is 11.3 Å². The van der Waals surface area contributed by atoms with Crippen molar-refractivity contribution in [3.63, 3.8) is 0 Å². The van der Waals surface area contributed by atoms with Crippen LogP contribution in [-0.4, -0.2) is 19.0 Å². The Labute approximate surface area is 175 Å². The molecule has 0 spiro atoms. The molecule has 6 nitrogen and oxygen atoms in total. The zero-order valence-electron chi connectivity index (χ0n) is 15.3. The number of hydrogen-bond acceptors (Lipinski definition) is 5. The molecule has 1 amide bonds. The van der Waals surface area contributed by atoms with Crippen molar-refractivity contribution in [2.24, 2.45) is 0 Å². The largest absolute Gasteiger partial charge is 0.465 e. The average molecular weight is 451 g/mol. The van der Waals surface area contributed by atoms with E-state index < -0.39 is 11.9 Å². The number of carbonyl (C=O) groups excluding carboxylic acids is 2. The number of rotatable bonds is 5. The Morgan fingerprint density at radius 3 is 2.52 bits per heavy atom. The Morgan fingerprint density at radius 1 is 1.10 bits per heavy atom. The molecule has 0 radical (unpaired) electrons. The highest BCUT2D eigenvalue weighted by Gasteiger charge is 2.16. The zero-order valence-corrected chi connectivity index (χ0v) is 16.9. The fraction of sp³-hybridized carbons (Fsp3) is 0.0455. The third-order valence-corrected chi connectivity index (χ3v) is 4.52. The fourth-order valence-corrected chi connectivity index (χ4v) is 2.82. The smallest absolute Gasteiger partial charge is 0.339 e. The van der Waals surface area contributed by atoms with Crippen LogP contribution in [0.2, 0.25) is 0 Å². The van der Waals surface area contributed by atoms with Crippen LogP contribution in [0.3, 0.4) is 0 Å². The predicted molar refractivity (Wildman–Crippen MR) is 112 cm³/mol. The Balaban J connectivity index is 1.82. The van der Waals surface area contributed by atoms with Gasteiger partial charge in [0.25, 0.3) is 5.91 Å². The quantitative estimate of drug-likeness (QED) is 0.333. The van der Waals surface area contributed by atoms with E-state index in [0.717, 1.165) is 10.0 Å². The van der Waals surface area contributed by atoms with Crippen LogP contribution in [0.4, 0.5) is 5.69 Å². The first kappa shape index (κ1) is 20.1. The van der Waals surface area contributed by atoms with Gasteiger partial charge in [-0.2, -0.15) is 5.26 Å². The van der Waals surface area contributed by atoms with Gasteiger partial charge in [-0.25, -0.2) is 4.79 Å². The van der Waals surface area contributed by atoms with E-state index in [-0.39, 0.29) is 16.8 Å². The topological polar surface area (TPSA) is 92.3 Å². The summed E-state index contributed by atoms with van der Waals surface area (Å²) in [5.41, 5.74) is 1.14. The number of furan rings is 1. The Bertz CT molecular complexity index is 1120. The van der Waals surface area contributed by atoms with Gasteiger partial charge in [0.1, 0.15) is 23.2 Å². The van der Waals surface area contributed by atoms with E-state index in [1.54, 1.807) is 30.3 Å². The number of esters is 1. The second-order valence-electron chi connectivity index (χ2n) is 5.87. The molecule has 1 aromatic heterocycles. The minimum atomic E-state index is -0.662. The molecular weight excluding hydrogens is 436 g/mol. The molecule has 0 saturated heterocycles. The lowest BCUT2D eigenvalue weighted by Crippen LogP contribution is -2.16. The van der Waals surface area contributed by atoms with Gasteiger partial charge in [0.15, 0.2) is 0 Å². The van der Waals surface area contributed by atoms with Gasteiger partial charge in [-0.15, -0.1) is 0 Å². The number of nitrogens with zero attached hydrogens (tertiary/aromatic N) is 1. The highest BCUT2D eigenvalue weighted by atomic mass is 79.9. The van der Waals surface area contributed by atoms with Crippen LogP contribution in [-0.2, 0) is 9.53 Å². The molecule has 0 aliphatic carbocycles. The van der Waals surface area contributed by atoms with Crippen LogP contribution >= 0.6 is 15.9 Å². The third-order valence-electron chi connectivity index (χ3n) is 3.99. The van der Waals surface area contributed by atoms with Crippen LogP contribution in [0.1, 0.15) is 16.1 Å². The molecule has 1 heterocycles. The summed E-state index contributed by atoms with van der Waals surface area (Å²) in [5, 5.41) is 12.0. The van der Waals surface area contributed by atoms with Gasteiger partial charge in [0, 0.05) is 16.1 Å². The highest BCUT2D eigenvalue weighted by Crippen LogP contribution is 2.25. The number of amides is 1. The second-order valence-corrected chi connectivity index (χ2v) is 6.79. The molecule has 7 heteroatoms. The highest BCUT2D eigenvalue weighted by molar-refractivity contribution is 9.10. The third kappa shape index (κ3) is 4.81. The van der Waals surface area contributed by atoms with Crippen LogP contribution in [0.25, 0.3) is 17.4 Å². The lowest BCUT2D eigenvalue weighted by molar-refractivity contribution is -0.112. The van der Waals surface area contributed by atoms with Crippen molar-refractivity contribution >= 4 is 39.6 Å². The van der Waals surface area contributed by atoms with Gasteiger partial charge < -0.3 is 14.5 Å². The standard InChI is InChI=1S/C22H15BrN2O4/c1-28-22(27)18-4-2-3-5-19(18)25-21(26)15(13-24)12-17-10-11-20(29-17)14-6-8-16(23)9-7-14/h2-12H,1H3,(H,25,26). The number of nitrogens with one attached hydrogen (secondary N) is 1. The van der Waals surface area contributed by atoms with E-state index >= 15 is 0 Å². The average Bonchev–Trinajstić information content (AvgIpc) is 3.21. The van der Waals surface area contributed by atoms with Gasteiger partial charge in [-0.1, -0.05) is 40.2 Å². The van der Waals surface area contributed by atoms with Crippen LogP contribution < -0.4 is 5.32 Å². The SMILES string of the molecule is COC(=O)c1ccccc1NC(=O)C(C#N)=Cc1ccc(-c2ccc(Br)cc2)o1. The van der Waals surface area contributed by atoms with Crippen molar-refractivity contribution in [2.45, 2.75) is 0 Å². The molecule has 0 aliphatic rings. The zero-order chi connectivity index (χ0) is 20.8. The van der Waals surface area contributed by atoms with E-state index in [1.165, 1.54) is 19.3 Å². The second kappa shape index (κ2) is 9.04. The van der Waals surface area contributed by atoms with Crippen molar-refractivity contribution in [1.29, 1.82) is 5.26 Å². The first-order chi connectivity index (χ1) is 14.0. The Hall–Kier alpha value is -3.63. The first-order valence-electron chi connectivity index (χ1n) is 8.48. The summed E-state index contributed by atoms with van der Waals surface area (Å²) in [4.78, 5) is 24.4. The van der Waals surface area contributed by atoms with Crippen molar-refractivity contribution in [1.82, 2.24) is 0 Å². The fourth-order valence-electron chi connectivity index (χ4n) is 2.56. The molecule has 29 heavy (non-hydrogen) atoms. The summed E-state index contributed by atoms with van der Waals surface area (Å²) >= 11 is 3.38. The van der Waals surface area contributed by atoms with Crippen LogP contribution in [0.15, 0.2) is 75.1 Å². The maximum atomic E-state index is 12.5. The summed E-state index contributed by atoms with van der Waals surface area (Å²) in [6.07, 6.45) is 1.35. The van der Waals surface area contributed by atoms with Crippen molar-refractivity contribution in [3.05, 3.63) is 82.0 Å². The summed E-state index contributed by atoms with van der Waals surface area (Å²) in [5.74, 6) is -0.285. The number of anilines is 1. The molecule has 3 rings (SSSR count). The predicted octanol–water partition coefficient (Wildman–Crippen LogP) is 5.04. The van der Waals surface area contributed by atoms with Crippen molar-refractivity contribution in [2.75, 3.05) is 12.4 Å². The van der Waals surface area contributed by atoms with Crippen molar-refractivity contribution in [3.8, 4) is 17.4 Å². The van der Waals surface area contributed by atoms with Gasteiger partial charge in [-0.3, -0.25) is 4.79 Å². The Kier molecular flexibility index (Phi) is 6.27. The van der Waals surface area contributed by atoms with Gasteiger partial charge in [0.2, 0.25) is 0 Å². The molecule has 0 bridgehead atoms. The summed E-state index contributed by atoms with van der Waals surface area (Å²) < 4.78 is 11.4. The minimum Gasteiger partial charge on any atom is -0.465 e. The molecule has 144 valence electrons. The van der Waals surface area contributed by atoms with Crippen LogP contribution in [0.5, 0.6) is 0 Å². The van der Waals surface area contributed by atoms with Crippen molar-refractivity contribution < 1.29 is 18.7 Å². The lowest BCUT2D eigenvalue weighted by atomic mass is 10.1. The number of carbonyl (C=O) groups is 2. The monoisotopic (exact) mass is 450 g/mol. The summed E-state index contributed by atoms with van der Waals surface area (Å²) in [6.45, 7) is 0. The number of halogens is 1. The number of methoxy groups -OCH3 is 1. The normalized spacial score (nSPS) is 10.9. The molecule has 0 unspecified atom stereocenters. The first-order valence-corrected chi connectivity index (χ1v) is 9.27. The minimum absolute atomic E-state index is 0.165. The number of para-hydroxylation sites is 1. The maximum absolute atomic E-state index is 12.5. The molecule has 0 fully saturated rings. The van der Waals surface area contributed by atoms with Gasteiger partial charge in [0.05, 0.1) is 18.4 Å². The summed E-state index contributed by atoms with van der Waals surface area (Å²) in [6, 6.07) is 19.2. The molecule has 3 aromatic rings. The molecule has 2 aromatic carbocycles. The van der Waals surface area contributed by atoms with E-state index in [1.807, 2.05) is 30.3 Å². The molecule has 0 aliphatic heterocycles. The van der Waals surface area contributed by atoms with E-state index in [0.29, 0.717) is 11.5 Å². The van der Waals surface area contributed by atoms with E-state index in [9.17, 15) is 14.9 Å². The Morgan fingerprint density at radius 2 is 1.83 bits per heavy atom. The van der Waals surface area contributed by atoms with E-state index in [2.05, 4.69) is 21.2 Å². The number of hydrogen-bond donors (Lipinski definition) is 1. The molecule has 1 N–H and O–H groups in total. The number of nitriles is 1. The van der Waals surface area contributed by atoms with Gasteiger partial charge >= 0.3 is 5.97 Å². The van der Waals surface area contributed by atoms with E-state index in [4.69, 9.17) is 9.15 Å². The molecule has 0 saturated carbocycles.